The fraction of sp³-hybridized carbons (Fsp3) is 0.900. The number of hydrogen-bond acceptors (Lipinski definition) is 3. The molecule has 1 saturated carbocycles. The monoisotopic (exact) mass is 199 g/mol. The van der Waals surface area contributed by atoms with Crippen molar-refractivity contribution < 1.29 is 14.6 Å². The quantitative estimate of drug-likeness (QED) is 0.633. The summed E-state index contributed by atoms with van der Waals surface area (Å²) in [5.41, 5.74) is 3.73. The molecule has 4 nitrogen and oxygen atoms in total. The number of nitrogens with two attached hydrogens (primary N) is 1. The standard InChI is InChI=1S/C10H17NO3/c11-8(12)10(13)3-1-2-9(10)4-6-14-7-5-9/h13H,1-7H2,(H2,11,12). The summed E-state index contributed by atoms with van der Waals surface area (Å²) >= 11 is 0. The van der Waals surface area contributed by atoms with Crippen molar-refractivity contribution in [3.05, 3.63) is 0 Å². The molecule has 4 heteroatoms. The second-order valence-electron chi connectivity index (χ2n) is 4.47. The van der Waals surface area contributed by atoms with Crippen LogP contribution in [0.4, 0.5) is 0 Å². The zero-order valence-corrected chi connectivity index (χ0v) is 8.29. The van der Waals surface area contributed by atoms with Gasteiger partial charge in [0.05, 0.1) is 0 Å². The normalized spacial score (nSPS) is 36.1. The number of carbonyl (C=O) groups is 1. The number of aliphatic hydroxyl groups is 1. The Balaban J connectivity index is 2.27. The molecule has 1 aliphatic heterocycles. The van der Waals surface area contributed by atoms with Crippen LogP contribution in [0.3, 0.4) is 0 Å². The fourth-order valence-electron chi connectivity index (χ4n) is 2.96. The summed E-state index contributed by atoms with van der Waals surface area (Å²) in [6.07, 6.45) is 3.82. The summed E-state index contributed by atoms with van der Waals surface area (Å²) in [5.74, 6) is -0.558. The second kappa shape index (κ2) is 3.21. The zero-order chi connectivity index (χ0) is 10.2. The van der Waals surface area contributed by atoms with Gasteiger partial charge in [-0.3, -0.25) is 4.79 Å². The molecule has 1 saturated heterocycles. The number of carbonyl (C=O) groups excluding carboxylic acids is 1. The lowest BCUT2D eigenvalue weighted by molar-refractivity contribution is -0.158. The van der Waals surface area contributed by atoms with Crippen LogP contribution in [0.25, 0.3) is 0 Å². The Kier molecular flexibility index (Phi) is 2.27. The van der Waals surface area contributed by atoms with Crippen LogP contribution >= 0.6 is 0 Å². The van der Waals surface area contributed by atoms with Gasteiger partial charge in [-0.05, 0) is 32.1 Å². The summed E-state index contributed by atoms with van der Waals surface area (Å²) in [6, 6.07) is 0. The Hall–Kier alpha value is -0.610. The van der Waals surface area contributed by atoms with Crippen molar-refractivity contribution in [3.8, 4) is 0 Å². The maximum absolute atomic E-state index is 11.3. The second-order valence-corrected chi connectivity index (χ2v) is 4.47. The number of ether oxygens (including phenoxy) is 1. The van der Waals surface area contributed by atoms with Gasteiger partial charge in [0.15, 0.2) is 0 Å². The van der Waals surface area contributed by atoms with Gasteiger partial charge in [0, 0.05) is 18.6 Å². The van der Waals surface area contributed by atoms with Crippen molar-refractivity contribution >= 4 is 5.91 Å². The molecule has 1 unspecified atom stereocenters. The highest BCUT2D eigenvalue weighted by atomic mass is 16.5. The molecule has 80 valence electrons. The Morgan fingerprint density at radius 1 is 1.21 bits per heavy atom. The van der Waals surface area contributed by atoms with Crippen LogP contribution < -0.4 is 5.73 Å². The highest BCUT2D eigenvalue weighted by Gasteiger charge is 2.57. The molecule has 2 rings (SSSR count). The number of rotatable bonds is 1. The molecule has 1 atom stereocenters. The lowest BCUT2D eigenvalue weighted by Crippen LogP contribution is -2.55. The van der Waals surface area contributed by atoms with Gasteiger partial charge in [-0.15, -0.1) is 0 Å². The van der Waals surface area contributed by atoms with Crippen LogP contribution in [0.2, 0.25) is 0 Å². The summed E-state index contributed by atoms with van der Waals surface area (Å²) in [5, 5.41) is 10.3. The lowest BCUT2D eigenvalue weighted by Gasteiger charge is -2.42. The molecule has 0 aromatic rings. The Labute approximate surface area is 83.4 Å². The Bertz CT molecular complexity index is 248. The van der Waals surface area contributed by atoms with E-state index in [1.54, 1.807) is 0 Å². The van der Waals surface area contributed by atoms with Crippen molar-refractivity contribution in [2.24, 2.45) is 11.1 Å². The Morgan fingerprint density at radius 3 is 2.43 bits per heavy atom. The van der Waals surface area contributed by atoms with Gasteiger partial charge in [-0.25, -0.2) is 0 Å². The smallest absolute Gasteiger partial charge is 0.249 e. The van der Waals surface area contributed by atoms with Crippen molar-refractivity contribution in [2.45, 2.75) is 37.7 Å². The van der Waals surface area contributed by atoms with E-state index >= 15 is 0 Å². The number of hydrogen-bond donors (Lipinski definition) is 2. The highest BCUT2D eigenvalue weighted by molar-refractivity contribution is 5.84. The molecule has 1 spiro atoms. The summed E-state index contributed by atoms with van der Waals surface area (Å²) in [4.78, 5) is 11.3. The van der Waals surface area contributed by atoms with Crippen LogP contribution in [-0.2, 0) is 9.53 Å². The molecular formula is C10H17NO3. The van der Waals surface area contributed by atoms with Gasteiger partial charge in [-0.1, -0.05) is 0 Å². The largest absolute Gasteiger partial charge is 0.381 e. The van der Waals surface area contributed by atoms with E-state index in [1.807, 2.05) is 0 Å². The van der Waals surface area contributed by atoms with Gasteiger partial charge in [-0.2, -0.15) is 0 Å². The maximum Gasteiger partial charge on any atom is 0.249 e. The molecule has 2 fully saturated rings. The van der Waals surface area contributed by atoms with E-state index in [4.69, 9.17) is 10.5 Å². The van der Waals surface area contributed by atoms with Crippen molar-refractivity contribution in [2.75, 3.05) is 13.2 Å². The topological polar surface area (TPSA) is 72.6 Å². The molecule has 0 radical (unpaired) electrons. The molecule has 14 heavy (non-hydrogen) atoms. The third kappa shape index (κ3) is 1.17. The van der Waals surface area contributed by atoms with Gasteiger partial charge in [0.25, 0.3) is 0 Å². The molecular weight excluding hydrogens is 182 g/mol. The predicted octanol–water partition coefficient (Wildman–Crippen LogP) is 0.183. The SMILES string of the molecule is NC(=O)C1(O)CCCC12CCOCC2. The van der Waals surface area contributed by atoms with E-state index in [0.717, 1.165) is 25.7 Å². The van der Waals surface area contributed by atoms with Gasteiger partial charge >= 0.3 is 0 Å². The summed E-state index contributed by atoms with van der Waals surface area (Å²) in [7, 11) is 0. The third-order valence-electron chi connectivity index (χ3n) is 3.93. The van der Waals surface area contributed by atoms with E-state index in [2.05, 4.69) is 0 Å². The first kappa shape index (κ1) is 9.93. The molecule has 0 aromatic heterocycles. The third-order valence-corrected chi connectivity index (χ3v) is 3.93. The van der Waals surface area contributed by atoms with Crippen LogP contribution in [-0.4, -0.2) is 29.8 Å². The van der Waals surface area contributed by atoms with Crippen LogP contribution in [0.15, 0.2) is 0 Å². The van der Waals surface area contributed by atoms with E-state index in [1.165, 1.54) is 0 Å². The van der Waals surface area contributed by atoms with Crippen LogP contribution in [0.5, 0.6) is 0 Å². The molecule has 0 aromatic carbocycles. The molecule has 1 heterocycles. The average Bonchev–Trinajstić information content (AvgIpc) is 2.47. The molecule has 0 bridgehead atoms. The Morgan fingerprint density at radius 2 is 1.86 bits per heavy atom. The first-order valence-corrected chi connectivity index (χ1v) is 5.21. The van der Waals surface area contributed by atoms with Gasteiger partial charge in [0.1, 0.15) is 5.60 Å². The molecule has 3 N–H and O–H groups in total. The van der Waals surface area contributed by atoms with Gasteiger partial charge < -0.3 is 15.6 Å². The van der Waals surface area contributed by atoms with E-state index in [0.29, 0.717) is 19.6 Å². The van der Waals surface area contributed by atoms with E-state index < -0.39 is 11.5 Å². The van der Waals surface area contributed by atoms with Crippen molar-refractivity contribution in [1.82, 2.24) is 0 Å². The molecule has 1 amide bonds. The minimum absolute atomic E-state index is 0.295. The number of primary amides is 1. The first-order chi connectivity index (χ1) is 6.61. The molecule has 1 aliphatic carbocycles. The summed E-state index contributed by atoms with van der Waals surface area (Å²) < 4.78 is 5.27. The zero-order valence-electron chi connectivity index (χ0n) is 8.29. The fourth-order valence-corrected chi connectivity index (χ4v) is 2.96. The van der Waals surface area contributed by atoms with Gasteiger partial charge in [0.2, 0.25) is 5.91 Å². The highest BCUT2D eigenvalue weighted by Crippen LogP contribution is 2.52. The van der Waals surface area contributed by atoms with Crippen LogP contribution in [0.1, 0.15) is 32.1 Å². The van der Waals surface area contributed by atoms with Crippen molar-refractivity contribution in [3.63, 3.8) is 0 Å². The molecule has 2 aliphatic rings. The predicted molar refractivity (Wildman–Crippen MR) is 50.5 cm³/mol. The first-order valence-electron chi connectivity index (χ1n) is 5.21. The minimum atomic E-state index is -1.28. The van der Waals surface area contributed by atoms with Crippen molar-refractivity contribution in [1.29, 1.82) is 0 Å². The number of amides is 1. The average molecular weight is 199 g/mol. The van der Waals surface area contributed by atoms with E-state index in [-0.39, 0.29) is 5.41 Å². The van der Waals surface area contributed by atoms with E-state index in [9.17, 15) is 9.90 Å². The summed E-state index contributed by atoms with van der Waals surface area (Å²) in [6.45, 7) is 1.27. The van der Waals surface area contributed by atoms with Crippen LogP contribution in [0, 0.1) is 5.41 Å². The maximum atomic E-state index is 11.3. The lowest BCUT2D eigenvalue weighted by atomic mass is 9.68. The minimum Gasteiger partial charge on any atom is -0.381 e.